The van der Waals surface area contributed by atoms with Crippen LogP contribution in [0.3, 0.4) is 0 Å². The van der Waals surface area contributed by atoms with Gasteiger partial charge in [-0.1, -0.05) is 26.0 Å². The van der Waals surface area contributed by atoms with Crippen LogP contribution in [0.5, 0.6) is 0 Å². The van der Waals surface area contributed by atoms with Gasteiger partial charge in [0.25, 0.3) is 0 Å². The van der Waals surface area contributed by atoms with Gasteiger partial charge in [0.1, 0.15) is 11.9 Å². The van der Waals surface area contributed by atoms with E-state index in [1.807, 2.05) is 57.1 Å². The lowest BCUT2D eigenvalue weighted by Gasteiger charge is -2.20. The Kier molecular flexibility index (Phi) is 4.26. The van der Waals surface area contributed by atoms with Crippen molar-refractivity contribution in [1.82, 2.24) is 9.97 Å². The third kappa shape index (κ3) is 3.21. The van der Waals surface area contributed by atoms with Crippen molar-refractivity contribution >= 4 is 28.6 Å². The molecule has 2 aromatic rings. The summed E-state index contributed by atoms with van der Waals surface area (Å²) in [7, 11) is 3.80. The average molecular weight is 288 g/mol. The van der Waals surface area contributed by atoms with E-state index in [4.69, 9.17) is 0 Å². The molecule has 1 aromatic carbocycles. The van der Waals surface area contributed by atoms with Crippen molar-refractivity contribution in [3.63, 3.8) is 0 Å². The van der Waals surface area contributed by atoms with Crippen molar-refractivity contribution in [2.45, 2.75) is 19.9 Å². The summed E-state index contributed by atoms with van der Waals surface area (Å²) in [6.07, 6.45) is 0. The van der Waals surface area contributed by atoms with Crippen molar-refractivity contribution in [3.05, 3.63) is 24.3 Å². The number of rotatable bonds is 5. The summed E-state index contributed by atoms with van der Waals surface area (Å²) in [5, 5.41) is 13.1. The van der Waals surface area contributed by atoms with Crippen molar-refractivity contribution in [2.24, 2.45) is 5.92 Å². The molecule has 0 saturated carbocycles. The highest BCUT2D eigenvalue weighted by Crippen LogP contribution is 2.24. The highest BCUT2D eigenvalue weighted by molar-refractivity contribution is 5.90. The molecule has 21 heavy (non-hydrogen) atoms. The van der Waals surface area contributed by atoms with Gasteiger partial charge in [0.05, 0.1) is 5.52 Å². The van der Waals surface area contributed by atoms with E-state index >= 15 is 0 Å². The van der Waals surface area contributed by atoms with E-state index in [2.05, 4.69) is 15.3 Å². The predicted molar refractivity (Wildman–Crippen MR) is 83.7 cm³/mol. The highest BCUT2D eigenvalue weighted by Gasteiger charge is 2.22. The SMILES string of the molecule is CC(C)[C@H](Nc1nc(N(C)C)c2ccccc2n1)C(=O)O. The number of carbonyl (C=O) groups is 1. The molecule has 0 unspecified atom stereocenters. The molecule has 0 saturated heterocycles. The standard InChI is InChI=1S/C15H20N4O2/c1-9(2)12(14(20)21)17-15-16-11-8-6-5-7-10(11)13(18-15)19(3)4/h5-9,12H,1-4H3,(H,20,21)(H,16,17,18)/t12-/m0/s1. The molecule has 6 nitrogen and oxygen atoms in total. The summed E-state index contributed by atoms with van der Waals surface area (Å²) >= 11 is 0. The molecule has 1 atom stereocenters. The third-order valence-corrected chi connectivity index (χ3v) is 3.22. The lowest BCUT2D eigenvalue weighted by Crippen LogP contribution is -2.35. The number of para-hydroxylation sites is 1. The number of aliphatic carboxylic acids is 1. The minimum Gasteiger partial charge on any atom is -0.480 e. The van der Waals surface area contributed by atoms with Crippen LogP contribution in [0.25, 0.3) is 10.9 Å². The second kappa shape index (κ2) is 5.95. The Morgan fingerprint density at radius 2 is 1.90 bits per heavy atom. The van der Waals surface area contributed by atoms with Crippen LogP contribution in [-0.2, 0) is 4.79 Å². The normalized spacial score (nSPS) is 12.4. The Balaban J connectivity index is 2.47. The molecular formula is C15H20N4O2. The summed E-state index contributed by atoms with van der Waals surface area (Å²) in [4.78, 5) is 22.0. The molecule has 2 N–H and O–H groups in total. The molecule has 0 amide bonds. The Labute approximate surface area is 123 Å². The van der Waals surface area contributed by atoms with Crippen LogP contribution in [-0.4, -0.2) is 41.2 Å². The summed E-state index contributed by atoms with van der Waals surface area (Å²) < 4.78 is 0. The van der Waals surface area contributed by atoms with E-state index < -0.39 is 12.0 Å². The molecule has 1 aromatic heterocycles. The van der Waals surface area contributed by atoms with Gasteiger partial charge < -0.3 is 15.3 Å². The van der Waals surface area contributed by atoms with Crippen LogP contribution in [0.1, 0.15) is 13.8 Å². The van der Waals surface area contributed by atoms with Crippen LogP contribution >= 0.6 is 0 Å². The van der Waals surface area contributed by atoms with Crippen molar-refractivity contribution in [1.29, 1.82) is 0 Å². The molecule has 0 aliphatic rings. The van der Waals surface area contributed by atoms with Gasteiger partial charge in [-0.05, 0) is 18.1 Å². The number of anilines is 2. The first-order chi connectivity index (χ1) is 9.90. The Morgan fingerprint density at radius 3 is 2.48 bits per heavy atom. The number of hydrogen-bond donors (Lipinski definition) is 2. The van der Waals surface area contributed by atoms with Gasteiger partial charge in [-0.25, -0.2) is 9.78 Å². The predicted octanol–water partition coefficient (Wildman–Crippen LogP) is 2.22. The largest absolute Gasteiger partial charge is 0.480 e. The smallest absolute Gasteiger partial charge is 0.326 e. The van der Waals surface area contributed by atoms with E-state index in [1.165, 1.54) is 0 Å². The van der Waals surface area contributed by atoms with Gasteiger partial charge in [0, 0.05) is 19.5 Å². The molecule has 2 rings (SSSR count). The Morgan fingerprint density at radius 1 is 1.24 bits per heavy atom. The molecule has 0 aliphatic heterocycles. The number of benzene rings is 1. The third-order valence-electron chi connectivity index (χ3n) is 3.22. The van der Waals surface area contributed by atoms with E-state index in [0.717, 1.165) is 16.7 Å². The summed E-state index contributed by atoms with van der Waals surface area (Å²) in [6.45, 7) is 3.69. The molecule has 0 aliphatic carbocycles. The molecule has 0 fully saturated rings. The molecule has 1 heterocycles. The van der Waals surface area contributed by atoms with Gasteiger partial charge in [-0.2, -0.15) is 4.98 Å². The van der Waals surface area contributed by atoms with E-state index in [-0.39, 0.29) is 5.92 Å². The zero-order valence-electron chi connectivity index (χ0n) is 12.7. The second-order valence-corrected chi connectivity index (χ2v) is 5.49. The van der Waals surface area contributed by atoms with Gasteiger partial charge in [-0.15, -0.1) is 0 Å². The number of carboxylic acids is 1. The lowest BCUT2D eigenvalue weighted by molar-refractivity contribution is -0.138. The molecule has 0 spiro atoms. The molecular weight excluding hydrogens is 268 g/mol. The maximum absolute atomic E-state index is 11.3. The van der Waals surface area contributed by atoms with Crippen LogP contribution in [0.15, 0.2) is 24.3 Å². The number of carboxylic acid groups (broad SMARTS) is 1. The minimum absolute atomic E-state index is 0.0691. The van der Waals surface area contributed by atoms with Crippen molar-refractivity contribution in [2.75, 3.05) is 24.3 Å². The quantitative estimate of drug-likeness (QED) is 0.878. The van der Waals surface area contributed by atoms with Crippen LogP contribution in [0, 0.1) is 5.92 Å². The minimum atomic E-state index is -0.909. The first-order valence-corrected chi connectivity index (χ1v) is 6.83. The fraction of sp³-hybridized carbons (Fsp3) is 0.400. The average Bonchev–Trinajstić information content (AvgIpc) is 2.43. The fourth-order valence-electron chi connectivity index (χ4n) is 2.12. The van der Waals surface area contributed by atoms with Crippen LogP contribution < -0.4 is 10.2 Å². The van der Waals surface area contributed by atoms with E-state index in [0.29, 0.717) is 5.95 Å². The number of nitrogens with zero attached hydrogens (tertiary/aromatic N) is 3. The summed E-state index contributed by atoms with van der Waals surface area (Å²) in [5.41, 5.74) is 0.784. The van der Waals surface area contributed by atoms with Crippen molar-refractivity contribution < 1.29 is 9.90 Å². The van der Waals surface area contributed by atoms with E-state index in [9.17, 15) is 9.90 Å². The first-order valence-electron chi connectivity index (χ1n) is 6.83. The van der Waals surface area contributed by atoms with Crippen LogP contribution in [0.4, 0.5) is 11.8 Å². The molecule has 0 radical (unpaired) electrons. The molecule has 6 heteroatoms. The topological polar surface area (TPSA) is 78.4 Å². The number of aromatic nitrogens is 2. The fourth-order valence-corrected chi connectivity index (χ4v) is 2.12. The maximum Gasteiger partial charge on any atom is 0.326 e. The maximum atomic E-state index is 11.3. The monoisotopic (exact) mass is 288 g/mol. The summed E-state index contributed by atoms with van der Waals surface area (Å²) in [6, 6.07) is 6.95. The summed E-state index contributed by atoms with van der Waals surface area (Å²) in [5.74, 6) is 0.114. The van der Waals surface area contributed by atoms with Gasteiger partial charge >= 0.3 is 5.97 Å². The van der Waals surface area contributed by atoms with Gasteiger partial charge in [-0.3, -0.25) is 0 Å². The Bertz CT molecular complexity index is 655. The second-order valence-electron chi connectivity index (χ2n) is 5.49. The molecule has 112 valence electrons. The zero-order chi connectivity index (χ0) is 15.6. The van der Waals surface area contributed by atoms with Gasteiger partial charge in [0.15, 0.2) is 0 Å². The number of nitrogens with one attached hydrogen (secondary N) is 1. The number of fused-ring (bicyclic) bond motifs is 1. The highest BCUT2D eigenvalue weighted by atomic mass is 16.4. The number of hydrogen-bond acceptors (Lipinski definition) is 5. The zero-order valence-corrected chi connectivity index (χ0v) is 12.7. The first kappa shape index (κ1) is 15.0. The molecule has 0 bridgehead atoms. The lowest BCUT2D eigenvalue weighted by atomic mass is 10.1. The Hall–Kier alpha value is -2.37. The van der Waals surface area contributed by atoms with E-state index in [1.54, 1.807) is 0 Å². The van der Waals surface area contributed by atoms with Gasteiger partial charge in [0.2, 0.25) is 5.95 Å². The van der Waals surface area contributed by atoms with Crippen molar-refractivity contribution in [3.8, 4) is 0 Å². The van der Waals surface area contributed by atoms with Crippen LogP contribution in [0.2, 0.25) is 0 Å².